The second-order valence-corrected chi connectivity index (χ2v) is 10.3. The van der Waals surface area contributed by atoms with Gasteiger partial charge in [-0.3, -0.25) is 4.79 Å². The minimum absolute atomic E-state index is 0.0754. The number of carbonyl (C=O) groups excluding carboxylic acids is 1. The van der Waals surface area contributed by atoms with Crippen molar-refractivity contribution in [2.45, 2.75) is 37.5 Å². The van der Waals surface area contributed by atoms with Crippen molar-refractivity contribution in [3.8, 4) is 0 Å². The van der Waals surface area contributed by atoms with Crippen molar-refractivity contribution in [1.82, 2.24) is 9.21 Å². The Balaban J connectivity index is 1.54. The Morgan fingerprint density at radius 3 is 1.94 bits per heavy atom. The molecule has 0 atom stereocenters. The lowest BCUT2D eigenvalue weighted by Crippen LogP contribution is -2.34. The van der Waals surface area contributed by atoms with Crippen LogP contribution in [0.25, 0.3) is 0 Å². The maximum Gasteiger partial charge on any atom is 0.289 e. The molecule has 0 bridgehead atoms. The molecule has 3 aromatic rings. The molecule has 174 valence electrons. The molecule has 0 N–H and O–H groups in total. The van der Waals surface area contributed by atoms with Crippen molar-refractivity contribution < 1.29 is 17.6 Å². The molecule has 0 unspecified atom stereocenters. The standard InChI is InChI=1S/C26H30N2O4S/c1-21-25(33(30,31)28-16-8-9-17-28)20-24(32-21)26(29)27(18-14-22-10-4-2-5-11-22)19-15-23-12-6-3-7-13-23/h2-7,10-13,20H,8-9,14-19H2,1H3. The van der Waals surface area contributed by atoms with Gasteiger partial charge in [-0.05, 0) is 43.7 Å². The van der Waals surface area contributed by atoms with Crippen LogP contribution >= 0.6 is 0 Å². The molecule has 2 aromatic carbocycles. The molecule has 1 aliphatic heterocycles. The van der Waals surface area contributed by atoms with Crippen molar-refractivity contribution in [3.05, 3.63) is 89.4 Å². The van der Waals surface area contributed by atoms with E-state index in [2.05, 4.69) is 0 Å². The quantitative estimate of drug-likeness (QED) is 0.471. The lowest BCUT2D eigenvalue weighted by molar-refractivity contribution is 0.0725. The van der Waals surface area contributed by atoms with Crippen LogP contribution in [0.15, 0.2) is 76.0 Å². The predicted octanol–water partition coefficient (Wildman–Crippen LogP) is 4.30. The molecule has 1 aliphatic rings. The van der Waals surface area contributed by atoms with Crippen LogP contribution in [0.4, 0.5) is 0 Å². The molecule has 2 heterocycles. The van der Waals surface area contributed by atoms with Crippen LogP contribution < -0.4 is 0 Å². The number of sulfonamides is 1. The molecule has 1 aromatic heterocycles. The second kappa shape index (κ2) is 10.4. The number of hydrogen-bond donors (Lipinski definition) is 0. The van der Waals surface area contributed by atoms with Crippen LogP contribution in [0.1, 0.15) is 40.3 Å². The van der Waals surface area contributed by atoms with Crippen LogP contribution in [0, 0.1) is 6.92 Å². The van der Waals surface area contributed by atoms with E-state index in [1.165, 1.54) is 10.4 Å². The van der Waals surface area contributed by atoms with Crippen LogP contribution in [0.5, 0.6) is 0 Å². The second-order valence-electron chi connectivity index (χ2n) is 8.41. The minimum Gasteiger partial charge on any atom is -0.455 e. The van der Waals surface area contributed by atoms with Crippen LogP contribution in [-0.2, 0) is 22.9 Å². The SMILES string of the molecule is Cc1oc(C(=O)N(CCc2ccccc2)CCc2ccccc2)cc1S(=O)(=O)N1CCCC1. The minimum atomic E-state index is -3.65. The fraction of sp³-hybridized carbons (Fsp3) is 0.346. The van der Waals surface area contributed by atoms with Crippen molar-refractivity contribution in [1.29, 1.82) is 0 Å². The highest BCUT2D eigenvalue weighted by Gasteiger charge is 2.32. The van der Waals surface area contributed by atoms with Gasteiger partial charge >= 0.3 is 0 Å². The molecule has 0 saturated carbocycles. The zero-order valence-corrected chi connectivity index (χ0v) is 19.8. The molecular weight excluding hydrogens is 436 g/mol. The summed E-state index contributed by atoms with van der Waals surface area (Å²) in [4.78, 5) is 15.3. The molecule has 33 heavy (non-hydrogen) atoms. The summed E-state index contributed by atoms with van der Waals surface area (Å²) in [5.74, 6) is 0.0514. The topological polar surface area (TPSA) is 70.8 Å². The third kappa shape index (κ3) is 5.54. The smallest absolute Gasteiger partial charge is 0.289 e. The predicted molar refractivity (Wildman–Crippen MR) is 128 cm³/mol. The van der Waals surface area contributed by atoms with Crippen LogP contribution in [0.3, 0.4) is 0 Å². The molecule has 1 amide bonds. The third-order valence-corrected chi connectivity index (χ3v) is 8.09. The van der Waals surface area contributed by atoms with Gasteiger partial charge in [0.25, 0.3) is 5.91 Å². The van der Waals surface area contributed by atoms with Crippen molar-refractivity contribution in [2.75, 3.05) is 26.2 Å². The van der Waals surface area contributed by atoms with E-state index in [1.807, 2.05) is 60.7 Å². The number of hydrogen-bond acceptors (Lipinski definition) is 4. The van der Waals surface area contributed by atoms with Gasteiger partial charge in [0.1, 0.15) is 10.7 Å². The first-order chi connectivity index (χ1) is 15.9. The Bertz CT molecular complexity index is 1120. The summed E-state index contributed by atoms with van der Waals surface area (Å²) in [6, 6.07) is 21.4. The summed E-state index contributed by atoms with van der Waals surface area (Å²) >= 11 is 0. The van der Waals surface area contributed by atoms with Crippen LogP contribution in [0.2, 0.25) is 0 Å². The average molecular weight is 467 g/mol. The number of carbonyl (C=O) groups is 1. The van der Waals surface area contributed by atoms with E-state index in [1.54, 1.807) is 11.8 Å². The van der Waals surface area contributed by atoms with Gasteiger partial charge in [0.15, 0.2) is 5.76 Å². The highest BCUT2D eigenvalue weighted by molar-refractivity contribution is 7.89. The first-order valence-corrected chi connectivity index (χ1v) is 12.9. The van der Waals surface area contributed by atoms with Crippen molar-refractivity contribution >= 4 is 15.9 Å². The molecule has 1 saturated heterocycles. The zero-order valence-electron chi connectivity index (χ0n) is 18.9. The van der Waals surface area contributed by atoms with Gasteiger partial charge in [0.2, 0.25) is 10.0 Å². The summed E-state index contributed by atoms with van der Waals surface area (Å²) < 4.78 is 33.2. The van der Waals surface area contributed by atoms with Gasteiger partial charge < -0.3 is 9.32 Å². The van der Waals surface area contributed by atoms with Gasteiger partial charge in [-0.25, -0.2) is 8.42 Å². The van der Waals surface area contributed by atoms with E-state index >= 15 is 0 Å². The largest absolute Gasteiger partial charge is 0.455 e. The highest BCUT2D eigenvalue weighted by atomic mass is 32.2. The molecular formula is C26H30N2O4S. The molecule has 4 rings (SSSR count). The monoisotopic (exact) mass is 466 g/mol. The summed E-state index contributed by atoms with van der Waals surface area (Å²) in [7, 11) is -3.65. The normalized spacial score (nSPS) is 14.5. The van der Waals surface area contributed by atoms with Gasteiger partial charge in [0, 0.05) is 32.2 Å². The molecule has 7 heteroatoms. The highest BCUT2D eigenvalue weighted by Crippen LogP contribution is 2.27. The lowest BCUT2D eigenvalue weighted by atomic mass is 10.1. The van der Waals surface area contributed by atoms with Gasteiger partial charge in [-0.1, -0.05) is 60.7 Å². The first kappa shape index (κ1) is 23.3. The molecule has 0 aliphatic carbocycles. The fourth-order valence-corrected chi connectivity index (χ4v) is 5.86. The third-order valence-electron chi connectivity index (χ3n) is 6.08. The van der Waals surface area contributed by atoms with Crippen molar-refractivity contribution in [2.24, 2.45) is 0 Å². The van der Waals surface area contributed by atoms with E-state index < -0.39 is 10.0 Å². The maximum atomic E-state index is 13.4. The fourth-order valence-electron chi connectivity index (χ4n) is 4.18. The Kier molecular flexibility index (Phi) is 7.30. The van der Waals surface area contributed by atoms with Gasteiger partial charge in [-0.2, -0.15) is 4.31 Å². The Labute approximate surface area is 195 Å². The van der Waals surface area contributed by atoms with E-state index in [4.69, 9.17) is 4.42 Å². The Morgan fingerprint density at radius 2 is 1.42 bits per heavy atom. The zero-order chi connectivity index (χ0) is 23.3. The van der Waals surface area contributed by atoms with Gasteiger partial charge in [0.05, 0.1) is 0 Å². The van der Waals surface area contributed by atoms with E-state index in [-0.39, 0.29) is 22.3 Å². The lowest BCUT2D eigenvalue weighted by Gasteiger charge is -2.22. The molecule has 1 fully saturated rings. The van der Waals surface area contributed by atoms with E-state index in [0.717, 1.165) is 24.0 Å². The Hall–Kier alpha value is -2.90. The van der Waals surface area contributed by atoms with E-state index in [0.29, 0.717) is 39.0 Å². The molecule has 0 spiro atoms. The summed E-state index contributed by atoms with van der Waals surface area (Å²) in [5.41, 5.74) is 2.28. The maximum absolute atomic E-state index is 13.4. The number of amides is 1. The van der Waals surface area contributed by atoms with E-state index in [9.17, 15) is 13.2 Å². The molecule has 0 radical (unpaired) electrons. The summed E-state index contributed by atoms with van der Waals surface area (Å²) in [6.07, 6.45) is 3.13. The summed E-state index contributed by atoms with van der Waals surface area (Å²) in [5, 5.41) is 0. The van der Waals surface area contributed by atoms with Gasteiger partial charge in [-0.15, -0.1) is 0 Å². The number of furan rings is 1. The summed E-state index contributed by atoms with van der Waals surface area (Å²) in [6.45, 7) is 3.66. The average Bonchev–Trinajstić information content (AvgIpc) is 3.51. The number of benzene rings is 2. The van der Waals surface area contributed by atoms with Crippen LogP contribution in [-0.4, -0.2) is 49.7 Å². The Morgan fingerprint density at radius 1 is 0.909 bits per heavy atom. The number of rotatable bonds is 9. The number of nitrogens with zero attached hydrogens (tertiary/aromatic N) is 2. The molecule has 6 nitrogen and oxygen atoms in total. The first-order valence-electron chi connectivity index (χ1n) is 11.4. The van der Waals surface area contributed by atoms with Crippen molar-refractivity contribution in [3.63, 3.8) is 0 Å². The number of aryl methyl sites for hydroxylation is 1.